The predicted octanol–water partition coefficient (Wildman–Crippen LogP) is -0.989. The summed E-state index contributed by atoms with van der Waals surface area (Å²) in [6.45, 7) is 2.21. The number of sulfone groups is 1. The van der Waals surface area contributed by atoms with Gasteiger partial charge in [-0.25, -0.2) is 18.0 Å². The molecule has 2 saturated heterocycles. The van der Waals surface area contributed by atoms with Crippen LogP contribution in [0.4, 0.5) is 4.79 Å². The zero-order valence-corrected chi connectivity index (χ0v) is 12.0. The molecule has 2 aliphatic rings. The summed E-state index contributed by atoms with van der Waals surface area (Å²) in [6.07, 6.45) is 0. The molecule has 0 aromatic carbocycles. The van der Waals surface area contributed by atoms with Gasteiger partial charge in [-0.2, -0.15) is 0 Å². The third kappa shape index (κ3) is 3.04. The first kappa shape index (κ1) is 15.0. The largest absolute Gasteiger partial charge is 0.480 e. The minimum atomic E-state index is -3.11. The Hall–Kier alpha value is -1.35. The Labute approximate surface area is 117 Å². The Morgan fingerprint density at radius 1 is 1.25 bits per heavy atom. The number of carbonyl (C=O) groups excluding carboxylic acids is 1. The van der Waals surface area contributed by atoms with Crippen molar-refractivity contribution in [3.8, 4) is 0 Å². The number of nitrogens with zero attached hydrogens (tertiary/aromatic N) is 2. The minimum absolute atomic E-state index is 0.0401. The molecular weight excluding hydrogens is 288 g/mol. The van der Waals surface area contributed by atoms with Gasteiger partial charge in [0.1, 0.15) is 0 Å². The topological polar surface area (TPSA) is 104 Å². The van der Waals surface area contributed by atoms with Gasteiger partial charge >= 0.3 is 12.0 Å². The van der Waals surface area contributed by atoms with Crippen LogP contribution in [0.5, 0.6) is 0 Å². The average Bonchev–Trinajstić information content (AvgIpc) is 2.37. The molecule has 2 amide bonds. The smallest absolute Gasteiger partial charge is 0.328 e. The molecule has 114 valence electrons. The molecule has 9 heteroatoms. The zero-order valence-electron chi connectivity index (χ0n) is 11.2. The number of aliphatic carboxylic acids is 1. The first-order chi connectivity index (χ1) is 9.32. The monoisotopic (exact) mass is 306 g/mol. The van der Waals surface area contributed by atoms with Crippen molar-refractivity contribution in [1.29, 1.82) is 0 Å². The van der Waals surface area contributed by atoms with E-state index in [1.807, 2.05) is 0 Å². The molecule has 0 bridgehead atoms. The summed E-state index contributed by atoms with van der Waals surface area (Å²) < 4.78 is 28.1. The van der Waals surface area contributed by atoms with Crippen LogP contribution in [0.2, 0.25) is 0 Å². The first-order valence-corrected chi connectivity index (χ1v) is 8.22. The highest BCUT2D eigenvalue weighted by atomic mass is 32.2. The van der Waals surface area contributed by atoms with Crippen molar-refractivity contribution in [2.45, 2.75) is 19.0 Å². The number of ether oxygens (including phenoxy) is 1. The van der Waals surface area contributed by atoms with Crippen LogP contribution in [0.3, 0.4) is 0 Å². The van der Waals surface area contributed by atoms with Gasteiger partial charge in [0.25, 0.3) is 0 Å². The maximum atomic E-state index is 12.4. The van der Waals surface area contributed by atoms with E-state index in [9.17, 15) is 18.0 Å². The summed E-state index contributed by atoms with van der Waals surface area (Å²) in [6, 6.07) is -1.89. The molecule has 0 aliphatic carbocycles. The molecule has 20 heavy (non-hydrogen) atoms. The van der Waals surface area contributed by atoms with Gasteiger partial charge < -0.3 is 19.6 Å². The number of urea groups is 1. The molecule has 2 fully saturated rings. The van der Waals surface area contributed by atoms with Gasteiger partial charge in [-0.1, -0.05) is 0 Å². The lowest BCUT2D eigenvalue weighted by Crippen LogP contribution is -2.60. The van der Waals surface area contributed by atoms with Crippen LogP contribution in [-0.4, -0.2) is 85.2 Å². The van der Waals surface area contributed by atoms with Crippen molar-refractivity contribution in [2.24, 2.45) is 0 Å². The molecule has 8 nitrogen and oxygen atoms in total. The highest BCUT2D eigenvalue weighted by molar-refractivity contribution is 7.91. The van der Waals surface area contributed by atoms with Crippen LogP contribution in [0.1, 0.15) is 6.92 Å². The van der Waals surface area contributed by atoms with Crippen molar-refractivity contribution in [2.75, 3.05) is 37.8 Å². The molecule has 0 radical (unpaired) electrons. The molecule has 0 spiro atoms. The third-order valence-corrected chi connectivity index (χ3v) is 5.37. The second-order valence-electron chi connectivity index (χ2n) is 5.06. The van der Waals surface area contributed by atoms with Crippen LogP contribution < -0.4 is 0 Å². The Morgan fingerprint density at radius 3 is 2.55 bits per heavy atom. The van der Waals surface area contributed by atoms with E-state index in [2.05, 4.69) is 0 Å². The highest BCUT2D eigenvalue weighted by Gasteiger charge is 2.39. The Morgan fingerprint density at radius 2 is 1.95 bits per heavy atom. The van der Waals surface area contributed by atoms with E-state index in [1.165, 1.54) is 9.80 Å². The van der Waals surface area contributed by atoms with E-state index in [4.69, 9.17) is 9.84 Å². The average molecular weight is 306 g/mol. The van der Waals surface area contributed by atoms with Gasteiger partial charge in [-0.3, -0.25) is 0 Å². The lowest BCUT2D eigenvalue weighted by atomic mass is 10.2. The number of rotatable bonds is 1. The number of morpholine rings is 1. The number of hydrogen-bond donors (Lipinski definition) is 1. The Kier molecular flexibility index (Phi) is 4.19. The van der Waals surface area contributed by atoms with Crippen molar-refractivity contribution < 1.29 is 27.9 Å². The molecule has 1 N–H and O–H groups in total. The number of hydrogen-bond acceptors (Lipinski definition) is 5. The minimum Gasteiger partial charge on any atom is -0.480 e. The van der Waals surface area contributed by atoms with Crippen LogP contribution in [0, 0.1) is 0 Å². The predicted molar refractivity (Wildman–Crippen MR) is 69.2 cm³/mol. The fraction of sp³-hybridized carbons (Fsp3) is 0.818. The summed E-state index contributed by atoms with van der Waals surface area (Å²) in [5.41, 5.74) is 0. The van der Waals surface area contributed by atoms with Gasteiger partial charge in [0.15, 0.2) is 15.9 Å². The Bertz CT molecular complexity index is 505. The van der Waals surface area contributed by atoms with Gasteiger partial charge in [0.05, 0.1) is 24.7 Å². The van der Waals surface area contributed by atoms with E-state index in [1.54, 1.807) is 6.92 Å². The molecule has 2 aliphatic heterocycles. The number of carboxylic acid groups (broad SMARTS) is 1. The van der Waals surface area contributed by atoms with E-state index in [0.717, 1.165) is 0 Å². The summed E-state index contributed by atoms with van der Waals surface area (Å²) in [5.74, 6) is -1.28. The second kappa shape index (κ2) is 5.57. The van der Waals surface area contributed by atoms with E-state index in [0.29, 0.717) is 0 Å². The van der Waals surface area contributed by atoms with Gasteiger partial charge in [-0.15, -0.1) is 0 Å². The lowest BCUT2D eigenvalue weighted by Gasteiger charge is -2.40. The number of amides is 2. The lowest BCUT2D eigenvalue weighted by molar-refractivity contribution is -0.147. The van der Waals surface area contributed by atoms with Crippen LogP contribution in [-0.2, 0) is 19.4 Å². The fourth-order valence-electron chi connectivity index (χ4n) is 2.49. The van der Waals surface area contributed by atoms with E-state index < -0.39 is 33.9 Å². The summed E-state index contributed by atoms with van der Waals surface area (Å²) >= 11 is 0. The molecule has 2 unspecified atom stereocenters. The van der Waals surface area contributed by atoms with Crippen molar-refractivity contribution in [1.82, 2.24) is 9.80 Å². The van der Waals surface area contributed by atoms with Gasteiger partial charge in [-0.05, 0) is 6.92 Å². The van der Waals surface area contributed by atoms with Crippen LogP contribution in [0.25, 0.3) is 0 Å². The first-order valence-electron chi connectivity index (χ1n) is 6.40. The molecular formula is C11H18N2O6S. The maximum absolute atomic E-state index is 12.4. The van der Waals surface area contributed by atoms with Crippen molar-refractivity contribution in [3.63, 3.8) is 0 Å². The van der Waals surface area contributed by atoms with Gasteiger partial charge in [0, 0.05) is 19.1 Å². The number of carbonyl (C=O) groups is 2. The van der Waals surface area contributed by atoms with Crippen molar-refractivity contribution >= 4 is 21.8 Å². The van der Waals surface area contributed by atoms with E-state index >= 15 is 0 Å². The molecule has 2 rings (SSSR count). The Balaban J connectivity index is 2.12. The number of carboxylic acids is 1. The fourth-order valence-corrected chi connectivity index (χ4v) is 4.04. The van der Waals surface area contributed by atoms with Gasteiger partial charge in [0.2, 0.25) is 0 Å². The third-order valence-electron chi connectivity index (χ3n) is 3.58. The SMILES string of the molecule is CC1CS(=O)(=O)CCN1C(=O)N1CCOCC1C(=O)O. The summed E-state index contributed by atoms with van der Waals surface area (Å²) in [5, 5.41) is 9.12. The maximum Gasteiger partial charge on any atom is 0.328 e. The second-order valence-corrected chi connectivity index (χ2v) is 7.29. The normalized spacial score (nSPS) is 30.1. The van der Waals surface area contributed by atoms with E-state index in [-0.39, 0.29) is 37.8 Å². The van der Waals surface area contributed by atoms with Crippen molar-refractivity contribution in [3.05, 3.63) is 0 Å². The summed E-state index contributed by atoms with van der Waals surface area (Å²) in [7, 11) is -3.11. The molecule has 0 aromatic rings. The molecule has 2 heterocycles. The standard InChI is InChI=1S/C11H18N2O6S/c1-8-7-20(17,18)5-3-12(8)11(16)13-2-4-19-6-9(13)10(14)15/h8-9H,2-7H2,1H3,(H,14,15). The quantitative estimate of drug-likeness (QED) is 0.667. The van der Waals surface area contributed by atoms with Crippen LogP contribution in [0.15, 0.2) is 0 Å². The summed E-state index contributed by atoms with van der Waals surface area (Å²) in [4.78, 5) is 26.3. The molecule has 0 aromatic heterocycles. The highest BCUT2D eigenvalue weighted by Crippen LogP contribution is 2.17. The molecule has 0 saturated carbocycles. The zero-order chi connectivity index (χ0) is 14.9. The van der Waals surface area contributed by atoms with Crippen LogP contribution >= 0.6 is 0 Å². The molecule has 2 atom stereocenters.